The Hall–Kier alpha value is -1.81. The molecule has 0 aromatic heterocycles. The van der Waals surface area contributed by atoms with E-state index < -0.39 is 5.97 Å². The number of carbonyl (C=O) groups is 1. The number of ether oxygens (including phenoxy) is 1. The summed E-state index contributed by atoms with van der Waals surface area (Å²) in [6.07, 6.45) is 4.10. The average Bonchev–Trinajstić information content (AvgIpc) is 2.29. The second-order valence-corrected chi connectivity index (χ2v) is 3.18. The highest BCUT2D eigenvalue weighted by molar-refractivity contribution is 5.91. The van der Waals surface area contributed by atoms with E-state index >= 15 is 0 Å². The summed E-state index contributed by atoms with van der Waals surface area (Å²) in [5, 5.41) is 17.6. The topological polar surface area (TPSA) is 66.8 Å². The fraction of sp³-hybridized carbons (Fsp3) is 0.250. The fourth-order valence-corrected chi connectivity index (χ4v) is 1.29. The Morgan fingerprint density at radius 2 is 2.25 bits per heavy atom. The molecule has 1 aromatic rings. The third-order valence-electron chi connectivity index (χ3n) is 2.06. The Kier molecular flexibility index (Phi) is 4.54. The molecule has 0 saturated heterocycles. The van der Waals surface area contributed by atoms with Crippen molar-refractivity contribution in [1.82, 2.24) is 0 Å². The number of rotatable bonds is 5. The molecule has 1 rings (SSSR count). The molecule has 0 aliphatic carbocycles. The van der Waals surface area contributed by atoms with E-state index in [9.17, 15) is 4.79 Å². The van der Waals surface area contributed by atoms with Crippen molar-refractivity contribution in [3.8, 4) is 5.75 Å². The SMILES string of the molecule is COc1ccc(C=CCCO)cc1C(=O)O. The standard InChI is InChI=1S/C12H14O4/c1-16-11-6-5-9(4-2-3-7-13)8-10(11)12(14)15/h2,4-6,8,13H,3,7H2,1H3,(H,14,15). The molecule has 0 amide bonds. The molecule has 0 atom stereocenters. The first-order valence-corrected chi connectivity index (χ1v) is 4.87. The minimum absolute atomic E-state index is 0.0818. The lowest BCUT2D eigenvalue weighted by molar-refractivity contribution is 0.0693. The number of aromatic carboxylic acids is 1. The van der Waals surface area contributed by atoms with Crippen molar-refractivity contribution in [1.29, 1.82) is 0 Å². The van der Waals surface area contributed by atoms with Gasteiger partial charge in [0.1, 0.15) is 11.3 Å². The molecule has 2 N–H and O–H groups in total. The van der Waals surface area contributed by atoms with E-state index in [1.54, 1.807) is 24.3 Å². The molecule has 0 unspecified atom stereocenters. The van der Waals surface area contributed by atoms with E-state index in [1.165, 1.54) is 13.2 Å². The van der Waals surface area contributed by atoms with Crippen molar-refractivity contribution in [3.63, 3.8) is 0 Å². The van der Waals surface area contributed by atoms with Crippen LogP contribution < -0.4 is 4.74 Å². The third-order valence-corrected chi connectivity index (χ3v) is 2.06. The maximum Gasteiger partial charge on any atom is 0.339 e. The van der Waals surface area contributed by atoms with Crippen LogP contribution in [0.15, 0.2) is 24.3 Å². The molecular formula is C12H14O4. The van der Waals surface area contributed by atoms with Crippen LogP contribution in [0.25, 0.3) is 6.08 Å². The van der Waals surface area contributed by atoms with Crippen LogP contribution in [0, 0.1) is 0 Å². The number of hydrogen-bond acceptors (Lipinski definition) is 3. The van der Waals surface area contributed by atoms with Gasteiger partial charge in [-0.2, -0.15) is 0 Å². The quantitative estimate of drug-likeness (QED) is 0.797. The van der Waals surface area contributed by atoms with Crippen molar-refractivity contribution in [2.45, 2.75) is 6.42 Å². The van der Waals surface area contributed by atoms with E-state index in [-0.39, 0.29) is 12.2 Å². The van der Waals surface area contributed by atoms with Gasteiger partial charge in [0, 0.05) is 6.61 Å². The lowest BCUT2D eigenvalue weighted by Gasteiger charge is -2.05. The van der Waals surface area contributed by atoms with Crippen molar-refractivity contribution in [2.24, 2.45) is 0 Å². The number of carboxylic acid groups (broad SMARTS) is 1. The number of carboxylic acids is 1. The van der Waals surface area contributed by atoms with Crippen LogP contribution in [0.1, 0.15) is 22.3 Å². The van der Waals surface area contributed by atoms with Gasteiger partial charge in [-0.3, -0.25) is 0 Å². The smallest absolute Gasteiger partial charge is 0.339 e. The largest absolute Gasteiger partial charge is 0.496 e. The van der Waals surface area contributed by atoms with Crippen LogP contribution in [0.3, 0.4) is 0 Å². The second-order valence-electron chi connectivity index (χ2n) is 3.18. The molecule has 4 nitrogen and oxygen atoms in total. The fourth-order valence-electron chi connectivity index (χ4n) is 1.29. The molecule has 0 aliphatic heterocycles. The molecule has 16 heavy (non-hydrogen) atoms. The molecule has 0 radical (unpaired) electrons. The van der Waals surface area contributed by atoms with Gasteiger partial charge in [0.15, 0.2) is 0 Å². The molecule has 86 valence electrons. The van der Waals surface area contributed by atoms with E-state index in [2.05, 4.69) is 0 Å². The highest BCUT2D eigenvalue weighted by Crippen LogP contribution is 2.20. The number of methoxy groups -OCH3 is 1. The van der Waals surface area contributed by atoms with Crippen LogP contribution in [0.4, 0.5) is 0 Å². The van der Waals surface area contributed by atoms with Gasteiger partial charge in [-0.15, -0.1) is 0 Å². The molecule has 1 aromatic carbocycles. The summed E-state index contributed by atoms with van der Waals surface area (Å²) >= 11 is 0. The van der Waals surface area contributed by atoms with Crippen molar-refractivity contribution in [3.05, 3.63) is 35.4 Å². The Balaban J connectivity index is 2.98. The van der Waals surface area contributed by atoms with Gasteiger partial charge in [0.05, 0.1) is 7.11 Å². The number of aliphatic hydroxyl groups is 1. The summed E-state index contributed by atoms with van der Waals surface area (Å²) in [4.78, 5) is 10.9. The molecule has 0 heterocycles. The number of aliphatic hydroxyl groups excluding tert-OH is 1. The maximum absolute atomic E-state index is 10.9. The lowest BCUT2D eigenvalue weighted by atomic mass is 10.1. The summed E-state index contributed by atoms with van der Waals surface area (Å²) in [6, 6.07) is 4.91. The highest BCUT2D eigenvalue weighted by atomic mass is 16.5. The van der Waals surface area contributed by atoms with Gasteiger partial charge >= 0.3 is 5.97 Å². The van der Waals surface area contributed by atoms with Crippen LogP contribution in [-0.2, 0) is 0 Å². The van der Waals surface area contributed by atoms with E-state index in [0.29, 0.717) is 12.2 Å². The first-order valence-electron chi connectivity index (χ1n) is 4.87. The van der Waals surface area contributed by atoms with Gasteiger partial charge < -0.3 is 14.9 Å². The van der Waals surface area contributed by atoms with Crippen molar-refractivity contribution >= 4 is 12.0 Å². The Morgan fingerprint density at radius 3 is 2.81 bits per heavy atom. The van der Waals surface area contributed by atoms with E-state index in [4.69, 9.17) is 14.9 Å². The van der Waals surface area contributed by atoms with Crippen LogP contribution in [0.5, 0.6) is 5.75 Å². The predicted octanol–water partition coefficient (Wildman–Crippen LogP) is 1.79. The van der Waals surface area contributed by atoms with E-state index in [1.807, 2.05) is 0 Å². The zero-order chi connectivity index (χ0) is 12.0. The first kappa shape index (κ1) is 12.3. The molecule has 0 bridgehead atoms. The zero-order valence-corrected chi connectivity index (χ0v) is 9.01. The van der Waals surface area contributed by atoms with E-state index in [0.717, 1.165) is 5.56 Å². The average molecular weight is 222 g/mol. The van der Waals surface area contributed by atoms with Gasteiger partial charge in [-0.25, -0.2) is 4.79 Å². The highest BCUT2D eigenvalue weighted by Gasteiger charge is 2.10. The van der Waals surface area contributed by atoms with Gasteiger partial charge in [0.25, 0.3) is 0 Å². The monoisotopic (exact) mass is 222 g/mol. The lowest BCUT2D eigenvalue weighted by Crippen LogP contribution is -2.00. The normalized spacial score (nSPS) is 10.6. The zero-order valence-electron chi connectivity index (χ0n) is 9.01. The summed E-state index contributed by atoms with van der Waals surface area (Å²) in [6.45, 7) is 0.0818. The van der Waals surface area contributed by atoms with Gasteiger partial charge in [-0.1, -0.05) is 18.2 Å². The number of hydrogen-bond donors (Lipinski definition) is 2. The third kappa shape index (κ3) is 3.10. The Labute approximate surface area is 93.8 Å². The first-order chi connectivity index (χ1) is 7.69. The summed E-state index contributed by atoms with van der Waals surface area (Å²) in [5.74, 6) is -0.680. The predicted molar refractivity (Wildman–Crippen MR) is 60.7 cm³/mol. The molecule has 0 saturated carbocycles. The molecular weight excluding hydrogens is 208 g/mol. The second kappa shape index (κ2) is 5.92. The maximum atomic E-state index is 10.9. The van der Waals surface area contributed by atoms with Gasteiger partial charge in [0.2, 0.25) is 0 Å². The molecule has 0 fully saturated rings. The van der Waals surface area contributed by atoms with Crippen LogP contribution in [-0.4, -0.2) is 29.9 Å². The summed E-state index contributed by atoms with van der Waals surface area (Å²) in [7, 11) is 1.43. The summed E-state index contributed by atoms with van der Waals surface area (Å²) < 4.78 is 4.94. The van der Waals surface area contributed by atoms with Crippen molar-refractivity contribution < 1.29 is 19.7 Å². The number of benzene rings is 1. The Morgan fingerprint density at radius 1 is 1.50 bits per heavy atom. The van der Waals surface area contributed by atoms with Gasteiger partial charge in [-0.05, 0) is 24.1 Å². The molecule has 4 heteroatoms. The molecule has 0 spiro atoms. The Bertz CT molecular complexity index is 396. The van der Waals surface area contributed by atoms with Crippen molar-refractivity contribution in [2.75, 3.05) is 13.7 Å². The van der Waals surface area contributed by atoms with Crippen LogP contribution >= 0.6 is 0 Å². The summed E-state index contributed by atoms with van der Waals surface area (Å²) in [5.41, 5.74) is 0.903. The van der Waals surface area contributed by atoms with Crippen LogP contribution in [0.2, 0.25) is 0 Å². The minimum Gasteiger partial charge on any atom is -0.496 e. The molecule has 0 aliphatic rings. The minimum atomic E-state index is -1.02.